The molecule has 1 amide bonds. The third-order valence-corrected chi connectivity index (χ3v) is 2.17. The number of aromatic amines is 1. The number of nitrogens with zero attached hydrogens (tertiary/aromatic N) is 3. The summed E-state index contributed by atoms with van der Waals surface area (Å²) in [7, 11) is 1.72. The van der Waals surface area contributed by atoms with Crippen LogP contribution in [0.25, 0.3) is 11.0 Å². The van der Waals surface area contributed by atoms with Crippen molar-refractivity contribution in [2.24, 2.45) is 5.73 Å². The fraction of sp³-hybridized carbons (Fsp3) is 0.333. The molecule has 2 aromatic heterocycles. The first-order valence-electron chi connectivity index (χ1n) is 5.25. The third kappa shape index (κ3) is 2.56. The lowest BCUT2D eigenvalue weighted by atomic mass is 10.4. The van der Waals surface area contributed by atoms with Crippen molar-refractivity contribution in [1.82, 2.24) is 20.2 Å². The minimum absolute atomic E-state index is 0.160. The van der Waals surface area contributed by atoms with Crippen LogP contribution < -0.4 is 16.4 Å². The smallest absolute Gasteiger partial charge is 0.404 e. The fourth-order valence-corrected chi connectivity index (χ4v) is 1.40. The number of ether oxygens (including phenoxy) is 1. The third-order valence-electron chi connectivity index (χ3n) is 2.17. The maximum absolute atomic E-state index is 10.4. The van der Waals surface area contributed by atoms with Gasteiger partial charge in [0.05, 0.1) is 18.1 Å². The van der Waals surface area contributed by atoms with Gasteiger partial charge in [-0.1, -0.05) is 0 Å². The topological polar surface area (TPSA) is 131 Å². The minimum atomic E-state index is -0.802. The van der Waals surface area contributed by atoms with Crippen LogP contribution in [-0.2, 0) is 4.74 Å². The number of carbonyl (C=O) groups is 1. The average Bonchev–Trinajstić information content (AvgIpc) is 2.82. The molecule has 0 aliphatic carbocycles. The van der Waals surface area contributed by atoms with E-state index in [4.69, 9.17) is 5.73 Å². The number of primary amides is 1. The number of H-pyrrole nitrogens is 1. The van der Waals surface area contributed by atoms with Gasteiger partial charge in [0.2, 0.25) is 5.95 Å². The Morgan fingerprint density at radius 1 is 1.56 bits per heavy atom. The van der Waals surface area contributed by atoms with Gasteiger partial charge in [-0.05, 0) is 0 Å². The summed E-state index contributed by atoms with van der Waals surface area (Å²) in [6.07, 6.45) is 0.815. The zero-order valence-electron chi connectivity index (χ0n) is 9.73. The van der Waals surface area contributed by atoms with Gasteiger partial charge in [0, 0.05) is 7.05 Å². The molecule has 0 radical (unpaired) electrons. The van der Waals surface area contributed by atoms with E-state index in [1.54, 1.807) is 13.2 Å². The lowest BCUT2D eigenvalue weighted by Gasteiger charge is -2.07. The van der Waals surface area contributed by atoms with Crippen molar-refractivity contribution in [1.29, 1.82) is 0 Å². The number of rotatable bonds is 5. The molecule has 18 heavy (non-hydrogen) atoms. The summed E-state index contributed by atoms with van der Waals surface area (Å²) >= 11 is 0. The molecule has 5 N–H and O–H groups in total. The molecule has 2 rings (SSSR count). The molecular formula is C9H13N7O2. The van der Waals surface area contributed by atoms with E-state index in [-0.39, 0.29) is 6.61 Å². The highest BCUT2D eigenvalue weighted by Gasteiger charge is 2.08. The van der Waals surface area contributed by atoms with Crippen molar-refractivity contribution < 1.29 is 9.53 Å². The molecule has 96 valence electrons. The molecule has 0 unspecified atom stereocenters. The quantitative estimate of drug-likeness (QED) is 0.546. The van der Waals surface area contributed by atoms with Crippen LogP contribution >= 0.6 is 0 Å². The van der Waals surface area contributed by atoms with Crippen molar-refractivity contribution >= 4 is 28.9 Å². The first-order valence-corrected chi connectivity index (χ1v) is 5.25. The van der Waals surface area contributed by atoms with Crippen LogP contribution in [0.3, 0.4) is 0 Å². The number of aromatic nitrogens is 4. The summed E-state index contributed by atoms with van der Waals surface area (Å²) in [4.78, 5) is 18.8. The molecule has 0 fully saturated rings. The first kappa shape index (κ1) is 11.9. The van der Waals surface area contributed by atoms with Gasteiger partial charge >= 0.3 is 6.09 Å². The Bertz CT molecular complexity index is 553. The van der Waals surface area contributed by atoms with Gasteiger partial charge in [0.25, 0.3) is 0 Å². The zero-order chi connectivity index (χ0) is 13.0. The molecule has 0 aromatic carbocycles. The van der Waals surface area contributed by atoms with E-state index in [2.05, 4.69) is 35.5 Å². The molecule has 9 nitrogen and oxygen atoms in total. The summed E-state index contributed by atoms with van der Waals surface area (Å²) in [5, 5.41) is 13.3. The molecule has 0 spiro atoms. The fourth-order valence-electron chi connectivity index (χ4n) is 1.40. The Hall–Kier alpha value is -2.58. The molecule has 0 atom stereocenters. The van der Waals surface area contributed by atoms with Gasteiger partial charge < -0.3 is 21.1 Å². The highest BCUT2D eigenvalue weighted by Crippen LogP contribution is 2.19. The molecule has 0 saturated carbocycles. The lowest BCUT2D eigenvalue weighted by molar-refractivity contribution is 0.161. The van der Waals surface area contributed by atoms with Crippen LogP contribution in [0.1, 0.15) is 0 Å². The number of carbonyl (C=O) groups excluding carboxylic acids is 1. The summed E-state index contributed by atoms with van der Waals surface area (Å²) in [6.45, 7) is 0.553. The van der Waals surface area contributed by atoms with Crippen LogP contribution in [0.2, 0.25) is 0 Å². The Labute approximate surface area is 102 Å². The second kappa shape index (κ2) is 5.17. The van der Waals surface area contributed by atoms with Crippen LogP contribution in [0.4, 0.5) is 16.6 Å². The molecule has 9 heteroatoms. The Morgan fingerprint density at radius 3 is 3.11 bits per heavy atom. The van der Waals surface area contributed by atoms with Crippen LogP contribution in [0.15, 0.2) is 6.20 Å². The number of anilines is 2. The van der Waals surface area contributed by atoms with Gasteiger partial charge in [-0.3, -0.25) is 5.10 Å². The van der Waals surface area contributed by atoms with E-state index < -0.39 is 6.09 Å². The number of nitrogens with two attached hydrogens (primary N) is 1. The molecule has 2 aromatic rings. The van der Waals surface area contributed by atoms with Crippen molar-refractivity contribution in [3.8, 4) is 0 Å². The standard InChI is InChI=1S/C9H13N7O2/c1-11-9-14-6(12-2-3-18-8(10)17)5-4-13-16-7(5)15-9/h4H,2-3H2,1H3,(H2,10,17)(H3,11,12,13,14,15,16). The van der Waals surface area contributed by atoms with Gasteiger partial charge in [0.1, 0.15) is 12.4 Å². The summed E-state index contributed by atoms with van der Waals surface area (Å²) < 4.78 is 4.61. The molecule has 2 heterocycles. The van der Waals surface area contributed by atoms with E-state index in [0.717, 1.165) is 5.39 Å². The molecule has 0 bridgehead atoms. The van der Waals surface area contributed by atoms with Crippen LogP contribution in [0.5, 0.6) is 0 Å². The summed E-state index contributed by atoms with van der Waals surface area (Å²) in [5.74, 6) is 1.07. The van der Waals surface area contributed by atoms with E-state index in [0.29, 0.717) is 24.0 Å². The average molecular weight is 251 g/mol. The number of amides is 1. The Balaban J connectivity index is 2.10. The van der Waals surface area contributed by atoms with Gasteiger partial charge in [-0.15, -0.1) is 0 Å². The normalized spacial score (nSPS) is 10.3. The number of hydrogen-bond acceptors (Lipinski definition) is 7. The highest BCUT2D eigenvalue weighted by atomic mass is 16.5. The number of nitrogens with one attached hydrogen (secondary N) is 3. The van der Waals surface area contributed by atoms with E-state index >= 15 is 0 Å². The van der Waals surface area contributed by atoms with Crippen molar-refractivity contribution in [2.75, 3.05) is 30.8 Å². The monoisotopic (exact) mass is 251 g/mol. The van der Waals surface area contributed by atoms with E-state index in [1.807, 2.05) is 0 Å². The van der Waals surface area contributed by atoms with E-state index in [1.165, 1.54) is 0 Å². The predicted molar refractivity (Wildman–Crippen MR) is 65.3 cm³/mol. The van der Waals surface area contributed by atoms with E-state index in [9.17, 15) is 4.79 Å². The number of hydrogen-bond donors (Lipinski definition) is 4. The van der Waals surface area contributed by atoms with Gasteiger partial charge in [-0.25, -0.2) is 4.79 Å². The van der Waals surface area contributed by atoms with Crippen LogP contribution in [-0.4, -0.2) is 46.5 Å². The molecule has 0 saturated heterocycles. The minimum Gasteiger partial charge on any atom is -0.448 e. The second-order valence-electron chi connectivity index (χ2n) is 3.37. The van der Waals surface area contributed by atoms with Gasteiger partial charge in [-0.2, -0.15) is 15.1 Å². The van der Waals surface area contributed by atoms with Crippen molar-refractivity contribution in [3.05, 3.63) is 6.20 Å². The maximum Gasteiger partial charge on any atom is 0.404 e. The Morgan fingerprint density at radius 2 is 2.39 bits per heavy atom. The van der Waals surface area contributed by atoms with Crippen molar-refractivity contribution in [2.45, 2.75) is 0 Å². The first-order chi connectivity index (χ1) is 8.70. The summed E-state index contributed by atoms with van der Waals surface area (Å²) in [5.41, 5.74) is 5.47. The van der Waals surface area contributed by atoms with Crippen LogP contribution in [0, 0.1) is 0 Å². The van der Waals surface area contributed by atoms with Crippen molar-refractivity contribution in [3.63, 3.8) is 0 Å². The summed E-state index contributed by atoms with van der Waals surface area (Å²) in [6, 6.07) is 0. The lowest BCUT2D eigenvalue weighted by Crippen LogP contribution is -2.18. The maximum atomic E-state index is 10.4. The molecule has 0 aliphatic rings. The predicted octanol–water partition coefficient (Wildman–Crippen LogP) is -0.0982. The molecular weight excluding hydrogens is 238 g/mol. The second-order valence-corrected chi connectivity index (χ2v) is 3.37. The SMILES string of the molecule is CNc1nc(NCCOC(N)=O)c2cn[nH]c2n1. The zero-order valence-corrected chi connectivity index (χ0v) is 9.73. The highest BCUT2D eigenvalue weighted by molar-refractivity contribution is 5.86. The largest absolute Gasteiger partial charge is 0.448 e. The van der Waals surface area contributed by atoms with Gasteiger partial charge in [0.15, 0.2) is 5.65 Å². The number of fused-ring (bicyclic) bond motifs is 1. The molecule has 0 aliphatic heterocycles. The Kier molecular flexibility index (Phi) is 3.41.